The normalized spacial score (nSPS) is 10.9. The summed E-state index contributed by atoms with van der Waals surface area (Å²) in [4.78, 5) is 13.7. The van der Waals surface area contributed by atoms with Gasteiger partial charge in [-0.3, -0.25) is 4.79 Å². The standard InChI is InChI=1S/C14H6F4N4O2/c15-9-2-10(23)5(1-8(9)14(16,17)18)11-6(3-19)12(21)22-13(24)7(11)4-20/h1-2,23H,(H3,21,22,24). The van der Waals surface area contributed by atoms with Crippen molar-refractivity contribution >= 4 is 5.82 Å². The number of aromatic hydroxyl groups is 1. The molecule has 0 bridgehead atoms. The van der Waals surface area contributed by atoms with Crippen molar-refractivity contribution in [2.45, 2.75) is 6.18 Å². The number of rotatable bonds is 1. The number of alkyl halides is 3. The number of pyridine rings is 1. The van der Waals surface area contributed by atoms with Crippen molar-refractivity contribution in [1.82, 2.24) is 4.98 Å². The highest BCUT2D eigenvalue weighted by Gasteiger charge is 2.36. The number of nitrogen functional groups attached to an aromatic ring is 1. The lowest BCUT2D eigenvalue weighted by molar-refractivity contribution is -0.139. The Morgan fingerprint density at radius 2 is 1.75 bits per heavy atom. The second kappa shape index (κ2) is 5.59. The molecule has 0 atom stereocenters. The van der Waals surface area contributed by atoms with Crippen LogP contribution in [0, 0.1) is 28.5 Å². The second-order valence-corrected chi connectivity index (χ2v) is 4.56. The molecule has 2 rings (SSSR count). The summed E-state index contributed by atoms with van der Waals surface area (Å²) in [5.41, 5.74) is 0.0423. The first-order valence-corrected chi connectivity index (χ1v) is 6.07. The van der Waals surface area contributed by atoms with E-state index in [2.05, 4.69) is 0 Å². The van der Waals surface area contributed by atoms with Gasteiger partial charge in [0.15, 0.2) is 0 Å². The third-order valence-electron chi connectivity index (χ3n) is 3.13. The van der Waals surface area contributed by atoms with Crippen LogP contribution in [0.1, 0.15) is 16.7 Å². The van der Waals surface area contributed by atoms with Crippen molar-refractivity contribution in [2.24, 2.45) is 0 Å². The fraction of sp³-hybridized carbons (Fsp3) is 0.0714. The molecule has 6 nitrogen and oxygen atoms in total. The first-order valence-electron chi connectivity index (χ1n) is 6.07. The zero-order valence-corrected chi connectivity index (χ0v) is 11.5. The molecule has 0 saturated carbocycles. The van der Waals surface area contributed by atoms with Crippen molar-refractivity contribution in [3.8, 4) is 29.0 Å². The van der Waals surface area contributed by atoms with Crippen molar-refractivity contribution < 1.29 is 22.7 Å². The summed E-state index contributed by atoms with van der Waals surface area (Å²) in [7, 11) is 0. The molecule has 0 unspecified atom stereocenters. The number of nitrogens with one attached hydrogen (secondary N) is 1. The molecule has 0 aliphatic heterocycles. The van der Waals surface area contributed by atoms with E-state index in [0.29, 0.717) is 0 Å². The lowest BCUT2D eigenvalue weighted by Gasteiger charge is -2.14. The number of anilines is 1. The lowest BCUT2D eigenvalue weighted by Crippen LogP contribution is -2.17. The van der Waals surface area contributed by atoms with Crippen LogP contribution >= 0.6 is 0 Å². The number of H-pyrrole nitrogens is 1. The molecular formula is C14H6F4N4O2. The minimum atomic E-state index is -5.10. The second-order valence-electron chi connectivity index (χ2n) is 4.56. The molecule has 0 spiro atoms. The molecule has 4 N–H and O–H groups in total. The average molecular weight is 338 g/mol. The van der Waals surface area contributed by atoms with E-state index in [1.165, 1.54) is 12.1 Å². The summed E-state index contributed by atoms with van der Waals surface area (Å²) in [5, 5.41) is 27.9. The Balaban J connectivity index is 3.01. The Labute approximate surface area is 131 Å². The number of benzene rings is 1. The maximum absolute atomic E-state index is 13.5. The third-order valence-corrected chi connectivity index (χ3v) is 3.13. The Morgan fingerprint density at radius 1 is 1.17 bits per heavy atom. The maximum Gasteiger partial charge on any atom is 0.419 e. The number of aromatic nitrogens is 1. The first kappa shape index (κ1) is 16.8. The lowest BCUT2D eigenvalue weighted by atomic mass is 9.94. The molecule has 1 heterocycles. The summed E-state index contributed by atoms with van der Waals surface area (Å²) in [6, 6.07) is 3.35. The fourth-order valence-corrected chi connectivity index (χ4v) is 2.09. The Kier molecular flexibility index (Phi) is 3.92. The molecule has 10 heteroatoms. The molecule has 0 amide bonds. The molecule has 0 aliphatic rings. The highest BCUT2D eigenvalue weighted by Crippen LogP contribution is 2.40. The number of phenolic OH excluding ortho intramolecular Hbond substituents is 1. The van der Waals surface area contributed by atoms with E-state index in [9.17, 15) is 27.5 Å². The zero-order chi connectivity index (χ0) is 18.2. The van der Waals surface area contributed by atoms with Gasteiger partial charge in [0, 0.05) is 17.2 Å². The number of hydrogen-bond donors (Lipinski definition) is 3. The monoisotopic (exact) mass is 338 g/mol. The van der Waals surface area contributed by atoms with Crippen LogP contribution in [0.5, 0.6) is 5.75 Å². The Hall–Kier alpha value is -3.53. The number of nitrogens with zero attached hydrogens (tertiary/aromatic N) is 2. The number of hydrogen-bond acceptors (Lipinski definition) is 5. The van der Waals surface area contributed by atoms with Gasteiger partial charge in [-0.2, -0.15) is 23.7 Å². The summed E-state index contributed by atoms with van der Waals surface area (Å²) < 4.78 is 52.0. The van der Waals surface area contributed by atoms with Crippen LogP contribution in [-0.4, -0.2) is 10.1 Å². The van der Waals surface area contributed by atoms with E-state index in [4.69, 9.17) is 16.3 Å². The van der Waals surface area contributed by atoms with Gasteiger partial charge in [-0.05, 0) is 6.07 Å². The average Bonchev–Trinajstić information content (AvgIpc) is 2.45. The van der Waals surface area contributed by atoms with E-state index >= 15 is 0 Å². The predicted molar refractivity (Wildman–Crippen MR) is 73.0 cm³/mol. The summed E-state index contributed by atoms with van der Waals surface area (Å²) in [6.45, 7) is 0. The van der Waals surface area contributed by atoms with E-state index in [-0.39, 0.29) is 12.1 Å². The van der Waals surface area contributed by atoms with Gasteiger partial charge in [-0.1, -0.05) is 0 Å². The predicted octanol–water partition coefficient (Wildman–Crippen LogP) is 2.23. The Bertz CT molecular complexity index is 981. The number of phenols is 1. The number of halogens is 4. The SMILES string of the molecule is N#Cc1c(N)[nH]c(=O)c(C#N)c1-c1cc(C(F)(F)F)c(F)cc1O. The highest BCUT2D eigenvalue weighted by atomic mass is 19.4. The minimum Gasteiger partial charge on any atom is -0.507 e. The third kappa shape index (κ3) is 2.61. The van der Waals surface area contributed by atoms with Gasteiger partial charge in [-0.15, -0.1) is 0 Å². The molecule has 0 saturated heterocycles. The van der Waals surface area contributed by atoms with Gasteiger partial charge in [0.1, 0.15) is 40.6 Å². The molecular weight excluding hydrogens is 332 g/mol. The van der Waals surface area contributed by atoms with Gasteiger partial charge in [0.25, 0.3) is 5.56 Å². The van der Waals surface area contributed by atoms with Crippen LogP contribution in [0.4, 0.5) is 23.4 Å². The van der Waals surface area contributed by atoms with Gasteiger partial charge < -0.3 is 15.8 Å². The Morgan fingerprint density at radius 3 is 2.25 bits per heavy atom. The van der Waals surface area contributed by atoms with Crippen molar-refractivity contribution in [3.05, 3.63) is 45.0 Å². The summed E-state index contributed by atoms with van der Waals surface area (Å²) in [5.74, 6) is -3.24. The molecule has 0 aliphatic carbocycles. The molecule has 122 valence electrons. The topological polar surface area (TPSA) is 127 Å². The zero-order valence-electron chi connectivity index (χ0n) is 11.5. The first-order chi connectivity index (χ1) is 11.1. The fourth-order valence-electron chi connectivity index (χ4n) is 2.09. The van der Waals surface area contributed by atoms with Gasteiger partial charge in [-0.25, -0.2) is 4.39 Å². The smallest absolute Gasteiger partial charge is 0.419 e. The van der Waals surface area contributed by atoms with E-state index in [1.807, 2.05) is 4.98 Å². The molecule has 24 heavy (non-hydrogen) atoms. The summed E-state index contributed by atoms with van der Waals surface area (Å²) in [6.07, 6.45) is -5.10. The van der Waals surface area contributed by atoms with Gasteiger partial charge in [0.2, 0.25) is 0 Å². The number of aromatic amines is 1. The van der Waals surface area contributed by atoms with Crippen LogP contribution in [0.3, 0.4) is 0 Å². The van der Waals surface area contributed by atoms with Crippen LogP contribution in [0.2, 0.25) is 0 Å². The maximum atomic E-state index is 13.5. The number of nitrogens with two attached hydrogens (primary N) is 1. The molecule has 1 aromatic carbocycles. The quantitative estimate of drug-likeness (QED) is 0.687. The molecule has 2 aromatic rings. The van der Waals surface area contributed by atoms with Gasteiger partial charge >= 0.3 is 6.18 Å². The molecule has 0 radical (unpaired) electrons. The van der Waals surface area contributed by atoms with Crippen LogP contribution in [0.15, 0.2) is 16.9 Å². The minimum absolute atomic E-state index is 0.178. The molecule has 1 aromatic heterocycles. The van der Waals surface area contributed by atoms with Crippen LogP contribution < -0.4 is 11.3 Å². The van der Waals surface area contributed by atoms with Crippen molar-refractivity contribution in [3.63, 3.8) is 0 Å². The number of nitriles is 2. The van der Waals surface area contributed by atoms with Crippen molar-refractivity contribution in [2.75, 3.05) is 5.73 Å². The van der Waals surface area contributed by atoms with E-state index in [1.54, 1.807) is 0 Å². The summed E-state index contributed by atoms with van der Waals surface area (Å²) >= 11 is 0. The van der Waals surface area contributed by atoms with Crippen LogP contribution in [0.25, 0.3) is 11.1 Å². The van der Waals surface area contributed by atoms with E-state index < -0.39 is 56.9 Å². The largest absolute Gasteiger partial charge is 0.507 e. The van der Waals surface area contributed by atoms with Crippen LogP contribution in [-0.2, 0) is 6.18 Å². The van der Waals surface area contributed by atoms with E-state index in [0.717, 1.165) is 0 Å². The van der Waals surface area contributed by atoms with Gasteiger partial charge in [0.05, 0.1) is 5.56 Å². The van der Waals surface area contributed by atoms with Crippen molar-refractivity contribution in [1.29, 1.82) is 10.5 Å². The molecule has 0 fully saturated rings. The highest BCUT2D eigenvalue weighted by molar-refractivity contribution is 5.83.